The standard InChI is InChI=1S/C19H18N4O4/c24-18(25)17(15-9-5-2-6-10-15)21-19(26)27-13-16-11-20-22-23(16)12-14-7-3-1-4-8-14/h1-11,17H,12-13H2,(H,21,26)(H,24,25). The van der Waals surface area contributed by atoms with Gasteiger partial charge in [0.2, 0.25) is 0 Å². The van der Waals surface area contributed by atoms with Crippen LogP contribution in [0.2, 0.25) is 0 Å². The number of aromatic nitrogens is 3. The highest BCUT2D eigenvalue weighted by Crippen LogP contribution is 2.13. The summed E-state index contributed by atoms with van der Waals surface area (Å²) in [6.45, 7) is 0.412. The first-order valence-electron chi connectivity index (χ1n) is 8.26. The molecule has 0 spiro atoms. The molecule has 1 amide bonds. The molecule has 8 nitrogen and oxygen atoms in total. The first-order valence-corrected chi connectivity index (χ1v) is 8.26. The van der Waals surface area contributed by atoms with E-state index in [0.29, 0.717) is 17.8 Å². The monoisotopic (exact) mass is 366 g/mol. The van der Waals surface area contributed by atoms with Crippen molar-refractivity contribution >= 4 is 12.1 Å². The van der Waals surface area contributed by atoms with Gasteiger partial charge in [0.1, 0.15) is 6.61 Å². The lowest BCUT2D eigenvalue weighted by Gasteiger charge is -2.15. The molecule has 1 unspecified atom stereocenters. The number of nitrogens with one attached hydrogen (secondary N) is 1. The molecule has 2 aromatic carbocycles. The van der Waals surface area contributed by atoms with Crippen LogP contribution in [0, 0.1) is 0 Å². The van der Waals surface area contributed by atoms with Gasteiger partial charge in [-0.25, -0.2) is 14.3 Å². The molecule has 0 fully saturated rings. The maximum Gasteiger partial charge on any atom is 0.408 e. The van der Waals surface area contributed by atoms with Crippen LogP contribution in [0.25, 0.3) is 0 Å². The van der Waals surface area contributed by atoms with Gasteiger partial charge in [0.05, 0.1) is 18.4 Å². The minimum atomic E-state index is -1.19. The summed E-state index contributed by atoms with van der Waals surface area (Å²) >= 11 is 0. The van der Waals surface area contributed by atoms with Gasteiger partial charge in [-0.1, -0.05) is 65.9 Å². The van der Waals surface area contributed by atoms with Crippen LogP contribution in [0.3, 0.4) is 0 Å². The molecule has 1 atom stereocenters. The average molecular weight is 366 g/mol. The molecule has 1 heterocycles. The van der Waals surface area contributed by atoms with Gasteiger partial charge >= 0.3 is 12.1 Å². The lowest BCUT2D eigenvalue weighted by molar-refractivity contribution is -0.139. The molecule has 27 heavy (non-hydrogen) atoms. The van der Waals surface area contributed by atoms with E-state index in [1.54, 1.807) is 35.0 Å². The van der Waals surface area contributed by atoms with E-state index in [2.05, 4.69) is 15.6 Å². The Bertz CT molecular complexity index is 896. The first kappa shape index (κ1) is 18.1. The fourth-order valence-corrected chi connectivity index (χ4v) is 2.51. The maximum atomic E-state index is 12.0. The third-order valence-electron chi connectivity index (χ3n) is 3.87. The zero-order valence-electron chi connectivity index (χ0n) is 14.4. The van der Waals surface area contributed by atoms with E-state index >= 15 is 0 Å². The van der Waals surface area contributed by atoms with Gasteiger partial charge in [-0.3, -0.25) is 0 Å². The number of rotatable bonds is 7. The summed E-state index contributed by atoms with van der Waals surface area (Å²) in [4.78, 5) is 23.5. The van der Waals surface area contributed by atoms with Crippen LogP contribution in [0.4, 0.5) is 4.79 Å². The number of benzene rings is 2. The van der Waals surface area contributed by atoms with Crippen LogP contribution < -0.4 is 5.32 Å². The fraction of sp³-hybridized carbons (Fsp3) is 0.158. The maximum absolute atomic E-state index is 12.0. The van der Waals surface area contributed by atoms with Crippen molar-refractivity contribution in [2.75, 3.05) is 0 Å². The van der Waals surface area contributed by atoms with Crippen molar-refractivity contribution in [1.29, 1.82) is 0 Å². The van der Waals surface area contributed by atoms with E-state index in [4.69, 9.17) is 4.74 Å². The van der Waals surface area contributed by atoms with E-state index in [0.717, 1.165) is 5.56 Å². The van der Waals surface area contributed by atoms with Crippen LogP contribution in [0.1, 0.15) is 22.9 Å². The molecule has 138 valence electrons. The highest BCUT2D eigenvalue weighted by molar-refractivity contribution is 5.81. The molecule has 0 aliphatic rings. The van der Waals surface area contributed by atoms with Gasteiger partial charge in [-0.15, -0.1) is 5.10 Å². The summed E-state index contributed by atoms with van der Waals surface area (Å²) in [6.07, 6.45) is 0.668. The van der Waals surface area contributed by atoms with E-state index < -0.39 is 18.1 Å². The SMILES string of the molecule is O=C(NC(C(=O)O)c1ccccc1)OCc1cnnn1Cc1ccccc1. The Morgan fingerprint density at radius 1 is 1.07 bits per heavy atom. The van der Waals surface area contributed by atoms with Crippen molar-refractivity contribution in [2.45, 2.75) is 19.2 Å². The third kappa shape index (κ3) is 4.91. The van der Waals surface area contributed by atoms with Crippen molar-refractivity contribution in [1.82, 2.24) is 20.3 Å². The van der Waals surface area contributed by atoms with E-state index in [1.807, 2.05) is 30.3 Å². The molecule has 0 aliphatic heterocycles. The Kier molecular flexibility index (Phi) is 5.78. The van der Waals surface area contributed by atoms with Crippen molar-refractivity contribution < 1.29 is 19.4 Å². The molecule has 0 bridgehead atoms. The van der Waals surface area contributed by atoms with Crippen LogP contribution in [-0.4, -0.2) is 32.2 Å². The van der Waals surface area contributed by atoms with E-state index in [1.165, 1.54) is 6.20 Å². The zero-order valence-corrected chi connectivity index (χ0v) is 14.4. The Morgan fingerprint density at radius 3 is 2.41 bits per heavy atom. The number of carbonyl (C=O) groups is 2. The Balaban J connectivity index is 1.59. The minimum Gasteiger partial charge on any atom is -0.479 e. The lowest BCUT2D eigenvalue weighted by atomic mass is 10.1. The average Bonchev–Trinajstić information content (AvgIpc) is 3.12. The number of carboxylic acids is 1. The van der Waals surface area contributed by atoms with Crippen LogP contribution in [0.15, 0.2) is 66.9 Å². The topological polar surface area (TPSA) is 106 Å². The summed E-state index contributed by atoms with van der Waals surface area (Å²) < 4.78 is 6.77. The normalized spacial score (nSPS) is 11.6. The number of amides is 1. The number of hydrogen-bond acceptors (Lipinski definition) is 5. The van der Waals surface area contributed by atoms with Gasteiger partial charge in [0.25, 0.3) is 0 Å². The zero-order chi connectivity index (χ0) is 19.1. The summed E-state index contributed by atoms with van der Waals surface area (Å²) in [6, 6.07) is 16.9. The molecule has 0 saturated heterocycles. The van der Waals surface area contributed by atoms with Crippen molar-refractivity contribution in [3.8, 4) is 0 Å². The van der Waals surface area contributed by atoms with Gasteiger partial charge in [-0.2, -0.15) is 0 Å². The second-order valence-corrected chi connectivity index (χ2v) is 5.77. The van der Waals surface area contributed by atoms with E-state index in [9.17, 15) is 14.7 Å². The van der Waals surface area contributed by atoms with Crippen molar-refractivity contribution in [2.24, 2.45) is 0 Å². The van der Waals surface area contributed by atoms with Crippen LogP contribution in [-0.2, 0) is 22.7 Å². The molecular formula is C19H18N4O4. The molecule has 0 aliphatic carbocycles. The summed E-state index contributed by atoms with van der Waals surface area (Å²) in [5, 5.41) is 19.5. The highest BCUT2D eigenvalue weighted by atomic mass is 16.5. The number of nitrogens with zero attached hydrogens (tertiary/aromatic N) is 3. The smallest absolute Gasteiger partial charge is 0.408 e. The summed E-state index contributed by atoms with van der Waals surface area (Å²) in [5.41, 5.74) is 2.09. The molecule has 0 radical (unpaired) electrons. The molecule has 2 N–H and O–H groups in total. The van der Waals surface area contributed by atoms with Gasteiger partial charge in [-0.05, 0) is 11.1 Å². The van der Waals surface area contributed by atoms with Gasteiger partial charge < -0.3 is 15.2 Å². The second kappa shape index (κ2) is 8.61. The quantitative estimate of drug-likeness (QED) is 0.665. The molecular weight excluding hydrogens is 348 g/mol. The van der Waals surface area contributed by atoms with Crippen molar-refractivity contribution in [3.05, 3.63) is 83.7 Å². The third-order valence-corrected chi connectivity index (χ3v) is 3.87. The summed E-state index contributed by atoms with van der Waals surface area (Å²) in [7, 11) is 0. The number of aliphatic carboxylic acids is 1. The summed E-state index contributed by atoms with van der Waals surface area (Å²) in [5.74, 6) is -1.17. The molecule has 8 heteroatoms. The fourth-order valence-electron chi connectivity index (χ4n) is 2.51. The molecule has 0 saturated carbocycles. The van der Waals surface area contributed by atoms with Gasteiger partial charge in [0, 0.05) is 0 Å². The number of carboxylic acid groups (broad SMARTS) is 1. The number of ether oxygens (including phenoxy) is 1. The number of alkyl carbamates (subject to hydrolysis) is 1. The Morgan fingerprint density at radius 2 is 1.74 bits per heavy atom. The number of carbonyl (C=O) groups excluding carboxylic acids is 1. The minimum absolute atomic E-state index is 0.0766. The van der Waals surface area contributed by atoms with Crippen molar-refractivity contribution in [3.63, 3.8) is 0 Å². The Labute approximate surface area is 155 Å². The Hall–Kier alpha value is -3.68. The predicted octanol–water partition coefficient (Wildman–Crippen LogP) is 2.38. The largest absolute Gasteiger partial charge is 0.479 e. The molecule has 3 aromatic rings. The van der Waals surface area contributed by atoms with Crippen LogP contribution >= 0.6 is 0 Å². The molecule has 3 rings (SSSR count). The lowest BCUT2D eigenvalue weighted by Crippen LogP contribution is -2.34. The number of hydrogen-bond donors (Lipinski definition) is 2. The second-order valence-electron chi connectivity index (χ2n) is 5.77. The van der Waals surface area contributed by atoms with E-state index in [-0.39, 0.29) is 6.61 Å². The van der Waals surface area contributed by atoms with Crippen LogP contribution in [0.5, 0.6) is 0 Å². The first-order chi connectivity index (χ1) is 13.1. The highest BCUT2D eigenvalue weighted by Gasteiger charge is 2.22. The predicted molar refractivity (Wildman–Crippen MR) is 95.7 cm³/mol. The molecule has 1 aromatic heterocycles. The van der Waals surface area contributed by atoms with Gasteiger partial charge in [0.15, 0.2) is 6.04 Å².